The zero-order valence-corrected chi connectivity index (χ0v) is 8.21. The molecule has 0 aromatic carbocycles. The fourth-order valence-electron chi connectivity index (χ4n) is 1.04. The van der Waals surface area contributed by atoms with E-state index in [1.54, 1.807) is 0 Å². The number of pyridine rings is 1. The van der Waals surface area contributed by atoms with Crippen LogP contribution in [-0.4, -0.2) is 24.7 Å². The van der Waals surface area contributed by atoms with E-state index in [1.165, 1.54) is 0 Å². The molecule has 0 fully saturated rings. The van der Waals surface area contributed by atoms with Crippen LogP contribution in [0, 0.1) is 6.92 Å². The number of hydrogen-bond donors (Lipinski definition) is 1. The van der Waals surface area contributed by atoms with E-state index in [0.29, 0.717) is 0 Å². The first kappa shape index (κ1) is 9.99. The summed E-state index contributed by atoms with van der Waals surface area (Å²) in [4.78, 5) is 4.30. The molecule has 3 nitrogen and oxygen atoms in total. The first-order chi connectivity index (χ1) is 6.33. The summed E-state index contributed by atoms with van der Waals surface area (Å²) in [5.74, 6) is 0.916. The predicted octanol–water partition coefficient (Wildman–Crippen LogP) is 1.84. The quantitative estimate of drug-likeness (QED) is 0.702. The van der Waals surface area contributed by atoms with Gasteiger partial charge in [0, 0.05) is 18.8 Å². The third-order valence-electron chi connectivity index (χ3n) is 1.64. The van der Waals surface area contributed by atoms with Crippen molar-refractivity contribution < 1.29 is 4.74 Å². The number of hydrogen-bond acceptors (Lipinski definition) is 3. The van der Waals surface area contributed by atoms with Crippen molar-refractivity contribution in [1.29, 1.82) is 0 Å². The van der Waals surface area contributed by atoms with Crippen molar-refractivity contribution in [3.63, 3.8) is 0 Å². The molecule has 0 saturated carbocycles. The van der Waals surface area contributed by atoms with E-state index >= 15 is 0 Å². The lowest BCUT2D eigenvalue weighted by atomic mass is 10.4. The molecule has 1 aromatic heterocycles. The molecule has 1 N–H and O–H groups in total. The van der Waals surface area contributed by atoms with Crippen molar-refractivity contribution in [2.24, 2.45) is 0 Å². The largest absolute Gasteiger partial charge is 0.380 e. The van der Waals surface area contributed by atoms with Gasteiger partial charge in [-0.3, -0.25) is 0 Å². The van der Waals surface area contributed by atoms with Gasteiger partial charge in [0.2, 0.25) is 0 Å². The number of aryl methyl sites for hydroxylation is 1. The van der Waals surface area contributed by atoms with Crippen LogP contribution in [0.25, 0.3) is 0 Å². The Hall–Kier alpha value is -1.09. The lowest BCUT2D eigenvalue weighted by Crippen LogP contribution is -2.10. The van der Waals surface area contributed by atoms with Gasteiger partial charge in [0.25, 0.3) is 0 Å². The Balaban J connectivity index is 2.28. The summed E-state index contributed by atoms with van der Waals surface area (Å²) in [7, 11) is 0. The monoisotopic (exact) mass is 180 g/mol. The fourth-order valence-corrected chi connectivity index (χ4v) is 1.04. The zero-order chi connectivity index (χ0) is 9.52. The van der Waals surface area contributed by atoms with Gasteiger partial charge >= 0.3 is 0 Å². The third-order valence-corrected chi connectivity index (χ3v) is 1.64. The van der Waals surface area contributed by atoms with Crippen LogP contribution in [-0.2, 0) is 4.74 Å². The summed E-state index contributed by atoms with van der Waals surface area (Å²) in [5.41, 5.74) is 1.03. The van der Waals surface area contributed by atoms with Crippen LogP contribution >= 0.6 is 0 Å². The minimum absolute atomic E-state index is 0.728. The van der Waals surface area contributed by atoms with Gasteiger partial charge in [-0.05, 0) is 26.0 Å². The molecule has 1 aromatic rings. The average molecular weight is 180 g/mol. The van der Waals surface area contributed by atoms with Crippen LogP contribution < -0.4 is 5.32 Å². The van der Waals surface area contributed by atoms with Gasteiger partial charge in [0.05, 0.1) is 6.61 Å². The smallest absolute Gasteiger partial charge is 0.126 e. The van der Waals surface area contributed by atoms with Crippen LogP contribution in [0.4, 0.5) is 5.82 Å². The van der Waals surface area contributed by atoms with Crippen molar-refractivity contribution in [2.75, 3.05) is 25.1 Å². The second kappa shape index (κ2) is 5.54. The molecule has 0 aliphatic heterocycles. The molecule has 0 atom stereocenters. The van der Waals surface area contributed by atoms with Gasteiger partial charge in [-0.2, -0.15) is 0 Å². The number of ether oxygens (including phenoxy) is 1. The second-order valence-corrected chi connectivity index (χ2v) is 2.79. The standard InChI is InChI=1S/C10H16N2O/c1-3-13-8-7-11-10-6-4-5-9(2)12-10/h4-6H,3,7-8H2,1-2H3,(H,11,12). The zero-order valence-electron chi connectivity index (χ0n) is 8.21. The normalized spacial score (nSPS) is 10.0. The summed E-state index contributed by atoms with van der Waals surface area (Å²) in [6.07, 6.45) is 0. The number of anilines is 1. The van der Waals surface area contributed by atoms with Crippen molar-refractivity contribution >= 4 is 5.82 Å². The lowest BCUT2D eigenvalue weighted by molar-refractivity contribution is 0.158. The minimum atomic E-state index is 0.728. The van der Waals surface area contributed by atoms with Crippen LogP contribution in [0.1, 0.15) is 12.6 Å². The summed E-state index contributed by atoms with van der Waals surface area (Å²) in [6, 6.07) is 5.93. The van der Waals surface area contributed by atoms with E-state index in [4.69, 9.17) is 4.74 Å². The Morgan fingerprint density at radius 1 is 1.46 bits per heavy atom. The average Bonchev–Trinajstić information content (AvgIpc) is 2.13. The molecule has 0 radical (unpaired) electrons. The molecule has 72 valence electrons. The molecular formula is C10H16N2O. The number of rotatable bonds is 5. The first-order valence-electron chi connectivity index (χ1n) is 4.58. The molecule has 0 unspecified atom stereocenters. The highest BCUT2D eigenvalue weighted by atomic mass is 16.5. The van der Waals surface area contributed by atoms with E-state index in [-0.39, 0.29) is 0 Å². The van der Waals surface area contributed by atoms with Gasteiger partial charge in [-0.15, -0.1) is 0 Å². The Morgan fingerprint density at radius 2 is 2.31 bits per heavy atom. The van der Waals surface area contributed by atoms with Crippen LogP contribution in [0.5, 0.6) is 0 Å². The van der Waals surface area contributed by atoms with Crippen molar-refractivity contribution in [2.45, 2.75) is 13.8 Å². The minimum Gasteiger partial charge on any atom is -0.380 e. The molecule has 1 heterocycles. The van der Waals surface area contributed by atoms with Crippen molar-refractivity contribution in [3.8, 4) is 0 Å². The van der Waals surface area contributed by atoms with E-state index in [2.05, 4.69) is 10.3 Å². The van der Waals surface area contributed by atoms with Gasteiger partial charge in [0.15, 0.2) is 0 Å². The Kier molecular flexibility index (Phi) is 4.26. The first-order valence-corrected chi connectivity index (χ1v) is 4.58. The second-order valence-electron chi connectivity index (χ2n) is 2.79. The van der Waals surface area contributed by atoms with Crippen molar-refractivity contribution in [3.05, 3.63) is 23.9 Å². The topological polar surface area (TPSA) is 34.1 Å². The molecule has 0 spiro atoms. The molecule has 0 aliphatic rings. The molecule has 0 aliphatic carbocycles. The number of nitrogens with one attached hydrogen (secondary N) is 1. The fraction of sp³-hybridized carbons (Fsp3) is 0.500. The van der Waals surface area contributed by atoms with E-state index in [1.807, 2.05) is 32.0 Å². The summed E-state index contributed by atoms with van der Waals surface area (Å²) in [5, 5.41) is 3.18. The van der Waals surface area contributed by atoms with Gasteiger partial charge in [-0.1, -0.05) is 6.07 Å². The predicted molar refractivity (Wildman–Crippen MR) is 54.0 cm³/mol. The Bertz CT molecular complexity index is 250. The third kappa shape index (κ3) is 3.90. The van der Waals surface area contributed by atoms with Crippen LogP contribution in [0.2, 0.25) is 0 Å². The molecule has 1 rings (SSSR count). The molecule has 3 heteroatoms. The molecule has 0 saturated heterocycles. The highest BCUT2D eigenvalue weighted by molar-refractivity contribution is 5.34. The van der Waals surface area contributed by atoms with E-state index in [9.17, 15) is 0 Å². The van der Waals surface area contributed by atoms with E-state index < -0.39 is 0 Å². The highest BCUT2D eigenvalue weighted by Crippen LogP contribution is 2.02. The van der Waals surface area contributed by atoms with E-state index in [0.717, 1.165) is 31.3 Å². The van der Waals surface area contributed by atoms with Crippen LogP contribution in [0.15, 0.2) is 18.2 Å². The van der Waals surface area contributed by atoms with Crippen molar-refractivity contribution in [1.82, 2.24) is 4.98 Å². The van der Waals surface area contributed by atoms with Gasteiger partial charge < -0.3 is 10.1 Å². The Morgan fingerprint density at radius 3 is 3.00 bits per heavy atom. The summed E-state index contributed by atoms with van der Waals surface area (Å²) >= 11 is 0. The Labute approximate surface area is 79.1 Å². The summed E-state index contributed by atoms with van der Waals surface area (Å²) in [6.45, 7) is 6.28. The van der Waals surface area contributed by atoms with Gasteiger partial charge in [-0.25, -0.2) is 4.98 Å². The van der Waals surface area contributed by atoms with Crippen LogP contribution in [0.3, 0.4) is 0 Å². The van der Waals surface area contributed by atoms with Gasteiger partial charge in [0.1, 0.15) is 5.82 Å². The SMILES string of the molecule is CCOCCNc1cccc(C)n1. The molecule has 0 amide bonds. The maximum absolute atomic E-state index is 5.20. The molecular weight excluding hydrogens is 164 g/mol. The molecule has 13 heavy (non-hydrogen) atoms. The highest BCUT2D eigenvalue weighted by Gasteiger charge is 1.92. The lowest BCUT2D eigenvalue weighted by Gasteiger charge is -2.05. The molecule has 0 bridgehead atoms. The summed E-state index contributed by atoms with van der Waals surface area (Å²) < 4.78 is 5.20. The maximum Gasteiger partial charge on any atom is 0.126 e. The number of nitrogens with zero attached hydrogens (tertiary/aromatic N) is 1. The maximum atomic E-state index is 5.20. The number of aromatic nitrogens is 1.